The number of benzene rings is 1. The van der Waals surface area contributed by atoms with Crippen LogP contribution in [0.15, 0.2) is 29.3 Å². The monoisotopic (exact) mass is 434 g/mol. The quantitative estimate of drug-likeness (QED) is 0.558. The summed E-state index contributed by atoms with van der Waals surface area (Å²) in [6.07, 6.45) is 1.63. The molecule has 2 heterocycles. The summed E-state index contributed by atoms with van der Waals surface area (Å²) in [5, 5.41) is 4.18. The van der Waals surface area contributed by atoms with Crippen LogP contribution in [0.3, 0.4) is 0 Å². The van der Waals surface area contributed by atoms with E-state index in [0.29, 0.717) is 11.4 Å². The number of nitrogens with one attached hydrogen (secondary N) is 1. The van der Waals surface area contributed by atoms with Crippen LogP contribution in [0.4, 0.5) is 0 Å². The van der Waals surface area contributed by atoms with E-state index in [-0.39, 0.29) is 5.91 Å². The highest BCUT2D eigenvalue weighted by Gasteiger charge is 2.23. The number of halogens is 1. The van der Waals surface area contributed by atoms with E-state index in [9.17, 15) is 4.79 Å². The standard InChI is InChI=1S/C22H35ClN6O/c1-24-22(25-7-10-27-9-4-8-26(2)11-12-27)29-15-13-28(14-16-29)21(30)18-19-5-3-6-20(23)17-19/h3,5-6,17H,4,7-16,18H2,1-2H3,(H,24,25). The number of rotatable bonds is 5. The number of carbonyl (C=O) groups is 1. The first-order valence-corrected chi connectivity index (χ1v) is 11.3. The van der Waals surface area contributed by atoms with Crippen molar-refractivity contribution in [1.82, 2.24) is 24.9 Å². The molecule has 166 valence electrons. The number of amides is 1. The van der Waals surface area contributed by atoms with Crippen molar-refractivity contribution in [3.63, 3.8) is 0 Å². The molecule has 1 aromatic rings. The van der Waals surface area contributed by atoms with E-state index in [4.69, 9.17) is 11.6 Å². The highest BCUT2D eigenvalue weighted by atomic mass is 35.5. The average Bonchev–Trinajstić information content (AvgIpc) is 2.95. The zero-order valence-electron chi connectivity index (χ0n) is 18.3. The molecule has 7 nitrogen and oxygen atoms in total. The fourth-order valence-corrected chi connectivity index (χ4v) is 4.30. The lowest BCUT2D eigenvalue weighted by Crippen LogP contribution is -2.54. The van der Waals surface area contributed by atoms with Gasteiger partial charge in [-0.15, -0.1) is 0 Å². The summed E-state index contributed by atoms with van der Waals surface area (Å²) in [6.45, 7) is 9.59. The predicted octanol–water partition coefficient (Wildman–Crippen LogP) is 1.24. The van der Waals surface area contributed by atoms with E-state index >= 15 is 0 Å². The van der Waals surface area contributed by atoms with Gasteiger partial charge in [0.2, 0.25) is 5.91 Å². The Morgan fingerprint density at radius 2 is 1.83 bits per heavy atom. The second kappa shape index (κ2) is 11.5. The van der Waals surface area contributed by atoms with Gasteiger partial charge < -0.3 is 24.9 Å². The molecular formula is C22H35ClN6O. The molecule has 2 aliphatic rings. The van der Waals surface area contributed by atoms with E-state index in [1.165, 1.54) is 13.0 Å². The van der Waals surface area contributed by atoms with E-state index < -0.39 is 0 Å². The van der Waals surface area contributed by atoms with Crippen molar-refractivity contribution in [2.24, 2.45) is 4.99 Å². The zero-order chi connectivity index (χ0) is 21.3. The Morgan fingerprint density at radius 3 is 2.57 bits per heavy atom. The van der Waals surface area contributed by atoms with Gasteiger partial charge >= 0.3 is 0 Å². The van der Waals surface area contributed by atoms with Crippen molar-refractivity contribution in [1.29, 1.82) is 0 Å². The maximum absolute atomic E-state index is 12.6. The number of likely N-dealkylation sites (N-methyl/N-ethyl adjacent to an activating group) is 1. The number of hydrogen-bond acceptors (Lipinski definition) is 4. The molecule has 3 rings (SSSR count). The van der Waals surface area contributed by atoms with Crippen molar-refractivity contribution in [3.8, 4) is 0 Å². The summed E-state index contributed by atoms with van der Waals surface area (Å²) >= 11 is 6.03. The molecular weight excluding hydrogens is 400 g/mol. The number of hydrogen-bond donors (Lipinski definition) is 1. The van der Waals surface area contributed by atoms with Gasteiger partial charge in [0, 0.05) is 64.4 Å². The largest absolute Gasteiger partial charge is 0.355 e. The lowest BCUT2D eigenvalue weighted by molar-refractivity contribution is -0.131. The summed E-state index contributed by atoms with van der Waals surface area (Å²) in [5.74, 6) is 1.09. The number of carbonyl (C=O) groups excluding carboxylic acids is 1. The molecule has 0 aromatic heterocycles. The second-order valence-electron chi connectivity index (χ2n) is 8.15. The molecule has 1 amide bonds. The topological polar surface area (TPSA) is 54.4 Å². The van der Waals surface area contributed by atoms with Gasteiger partial charge in [-0.05, 0) is 44.3 Å². The summed E-state index contributed by atoms with van der Waals surface area (Å²) in [7, 11) is 4.03. The van der Waals surface area contributed by atoms with Crippen molar-refractivity contribution in [3.05, 3.63) is 34.9 Å². The van der Waals surface area contributed by atoms with Gasteiger partial charge in [-0.3, -0.25) is 9.79 Å². The van der Waals surface area contributed by atoms with Crippen LogP contribution >= 0.6 is 11.6 Å². The minimum Gasteiger partial charge on any atom is -0.355 e. The van der Waals surface area contributed by atoms with E-state index in [2.05, 4.69) is 32.1 Å². The highest BCUT2D eigenvalue weighted by Crippen LogP contribution is 2.13. The molecule has 2 aliphatic heterocycles. The minimum absolute atomic E-state index is 0.158. The maximum Gasteiger partial charge on any atom is 0.227 e. The Morgan fingerprint density at radius 1 is 1.07 bits per heavy atom. The van der Waals surface area contributed by atoms with Crippen LogP contribution in [0, 0.1) is 0 Å². The van der Waals surface area contributed by atoms with Gasteiger partial charge in [-0.1, -0.05) is 23.7 Å². The first-order valence-electron chi connectivity index (χ1n) is 10.9. The average molecular weight is 435 g/mol. The van der Waals surface area contributed by atoms with Gasteiger partial charge in [0.25, 0.3) is 0 Å². The Bertz CT molecular complexity index is 719. The lowest BCUT2D eigenvalue weighted by Gasteiger charge is -2.36. The summed E-state index contributed by atoms with van der Waals surface area (Å²) in [5.41, 5.74) is 0.965. The van der Waals surface area contributed by atoms with Gasteiger partial charge in [-0.25, -0.2) is 0 Å². The Labute approximate surface area is 185 Å². The van der Waals surface area contributed by atoms with Crippen LogP contribution in [-0.4, -0.2) is 111 Å². The van der Waals surface area contributed by atoms with Crippen molar-refractivity contribution < 1.29 is 4.79 Å². The van der Waals surface area contributed by atoms with Crippen LogP contribution in [0.2, 0.25) is 5.02 Å². The molecule has 1 aromatic carbocycles. The smallest absolute Gasteiger partial charge is 0.227 e. The van der Waals surface area contributed by atoms with Crippen LogP contribution in [0.25, 0.3) is 0 Å². The van der Waals surface area contributed by atoms with Gasteiger partial charge in [0.1, 0.15) is 0 Å². The fourth-order valence-electron chi connectivity index (χ4n) is 4.08. The molecule has 0 bridgehead atoms. The molecule has 2 saturated heterocycles. The predicted molar refractivity (Wildman–Crippen MR) is 123 cm³/mol. The third-order valence-electron chi connectivity index (χ3n) is 5.91. The lowest BCUT2D eigenvalue weighted by atomic mass is 10.1. The van der Waals surface area contributed by atoms with Crippen molar-refractivity contribution in [2.45, 2.75) is 12.8 Å². The van der Waals surface area contributed by atoms with Crippen LogP contribution in [-0.2, 0) is 11.2 Å². The number of guanidine groups is 1. The summed E-state index contributed by atoms with van der Waals surface area (Å²) in [4.78, 5) is 26.2. The SMILES string of the molecule is CN=C(NCCN1CCCN(C)CC1)N1CCN(C(=O)Cc2cccc(Cl)c2)CC1. The molecule has 0 atom stereocenters. The molecule has 2 fully saturated rings. The van der Waals surface area contributed by atoms with Crippen molar-refractivity contribution >= 4 is 23.5 Å². The molecule has 0 saturated carbocycles. The van der Waals surface area contributed by atoms with E-state index in [1.807, 2.05) is 36.2 Å². The third kappa shape index (κ3) is 6.86. The molecule has 0 radical (unpaired) electrons. The Balaban J connectivity index is 1.40. The highest BCUT2D eigenvalue weighted by molar-refractivity contribution is 6.30. The van der Waals surface area contributed by atoms with Gasteiger partial charge in [0.05, 0.1) is 6.42 Å². The second-order valence-corrected chi connectivity index (χ2v) is 8.58. The Kier molecular flexibility index (Phi) is 8.78. The first-order chi connectivity index (χ1) is 14.5. The van der Waals surface area contributed by atoms with Crippen molar-refractivity contribution in [2.75, 3.05) is 79.5 Å². The molecule has 0 unspecified atom stereocenters. The van der Waals surface area contributed by atoms with Gasteiger partial charge in [0.15, 0.2) is 5.96 Å². The normalized spacial score (nSPS) is 19.6. The maximum atomic E-state index is 12.6. The van der Waals surface area contributed by atoms with Crippen LogP contribution in [0.5, 0.6) is 0 Å². The van der Waals surface area contributed by atoms with Crippen LogP contribution < -0.4 is 5.32 Å². The van der Waals surface area contributed by atoms with E-state index in [0.717, 1.165) is 70.4 Å². The molecule has 1 N–H and O–H groups in total. The third-order valence-corrected chi connectivity index (χ3v) is 6.15. The Hall–Kier alpha value is -1.83. The van der Waals surface area contributed by atoms with E-state index in [1.54, 1.807) is 0 Å². The summed E-state index contributed by atoms with van der Waals surface area (Å²) < 4.78 is 0. The molecule has 30 heavy (non-hydrogen) atoms. The fraction of sp³-hybridized carbons (Fsp3) is 0.636. The molecule has 0 spiro atoms. The molecule has 0 aliphatic carbocycles. The summed E-state index contributed by atoms with van der Waals surface area (Å²) in [6, 6.07) is 7.54. The zero-order valence-corrected chi connectivity index (χ0v) is 19.1. The first kappa shape index (κ1) is 22.8. The minimum atomic E-state index is 0.158. The van der Waals surface area contributed by atoms with Gasteiger partial charge in [-0.2, -0.15) is 0 Å². The van der Waals surface area contributed by atoms with Crippen LogP contribution in [0.1, 0.15) is 12.0 Å². The number of aliphatic imine (C=N–C) groups is 1. The number of piperazine rings is 1. The molecule has 8 heteroatoms. The number of nitrogens with zero attached hydrogens (tertiary/aromatic N) is 5.